The molecule has 0 saturated heterocycles. The van der Waals surface area contributed by atoms with Crippen LogP contribution in [0.1, 0.15) is 17.0 Å². The van der Waals surface area contributed by atoms with Gasteiger partial charge in [-0.3, -0.25) is 0 Å². The predicted molar refractivity (Wildman–Crippen MR) is 75.8 cm³/mol. The second-order valence-corrected chi connectivity index (χ2v) is 5.22. The molecule has 0 atom stereocenters. The summed E-state index contributed by atoms with van der Waals surface area (Å²) < 4.78 is 0. The summed E-state index contributed by atoms with van der Waals surface area (Å²) in [5, 5.41) is 2.94. The van der Waals surface area contributed by atoms with Crippen LogP contribution in [0, 0.1) is 6.92 Å². The first kappa shape index (κ1) is 11.2. The molecule has 4 heteroatoms. The number of nitrogen functional groups attached to an aromatic ring is 1. The summed E-state index contributed by atoms with van der Waals surface area (Å²) in [6.07, 6.45) is 0.722. The van der Waals surface area contributed by atoms with Crippen molar-refractivity contribution in [2.24, 2.45) is 0 Å². The van der Waals surface area contributed by atoms with Crippen LogP contribution in [-0.2, 0) is 6.42 Å². The Morgan fingerprint density at radius 1 is 1.22 bits per heavy atom. The van der Waals surface area contributed by atoms with Gasteiger partial charge < -0.3 is 5.73 Å². The van der Waals surface area contributed by atoms with Crippen molar-refractivity contribution in [3.63, 3.8) is 0 Å². The molecule has 3 nitrogen and oxygen atoms in total. The number of anilines is 1. The minimum absolute atomic E-state index is 0.573. The fourth-order valence-corrected chi connectivity index (χ4v) is 2.80. The Morgan fingerprint density at radius 2 is 2.11 bits per heavy atom. The molecule has 0 amide bonds. The Labute approximate surface area is 109 Å². The quantitative estimate of drug-likeness (QED) is 0.765. The Morgan fingerprint density at radius 3 is 2.94 bits per heavy atom. The smallest absolute Gasteiger partial charge is 0.136 e. The van der Waals surface area contributed by atoms with E-state index >= 15 is 0 Å². The highest BCUT2D eigenvalue weighted by Gasteiger charge is 2.07. The third-order valence-electron chi connectivity index (χ3n) is 2.85. The number of rotatable bonds is 2. The van der Waals surface area contributed by atoms with Gasteiger partial charge in [0.05, 0.1) is 5.39 Å². The highest BCUT2D eigenvalue weighted by Crippen LogP contribution is 2.23. The van der Waals surface area contributed by atoms with E-state index < -0.39 is 0 Å². The van der Waals surface area contributed by atoms with E-state index in [1.807, 2.05) is 11.4 Å². The van der Waals surface area contributed by atoms with Crippen molar-refractivity contribution in [2.45, 2.75) is 13.3 Å². The van der Waals surface area contributed by atoms with E-state index in [-0.39, 0.29) is 0 Å². The number of aryl methyl sites for hydroxylation is 1. The molecule has 0 bridgehead atoms. The van der Waals surface area contributed by atoms with Gasteiger partial charge in [-0.25, -0.2) is 9.97 Å². The van der Waals surface area contributed by atoms with Crippen LogP contribution in [0.5, 0.6) is 0 Å². The first-order chi connectivity index (χ1) is 8.72. The molecule has 1 aromatic carbocycles. The van der Waals surface area contributed by atoms with Crippen molar-refractivity contribution in [1.29, 1.82) is 0 Å². The summed E-state index contributed by atoms with van der Waals surface area (Å²) in [6.45, 7) is 2.08. The summed E-state index contributed by atoms with van der Waals surface area (Å²) in [4.78, 5) is 9.88. The molecular formula is C14H13N3S. The van der Waals surface area contributed by atoms with E-state index in [0.717, 1.165) is 22.5 Å². The summed E-state index contributed by atoms with van der Waals surface area (Å²) in [6, 6.07) is 10.3. The van der Waals surface area contributed by atoms with Gasteiger partial charge in [0.1, 0.15) is 16.5 Å². The van der Waals surface area contributed by atoms with Gasteiger partial charge >= 0.3 is 0 Å². The largest absolute Gasteiger partial charge is 0.383 e. The minimum Gasteiger partial charge on any atom is -0.383 e. The summed E-state index contributed by atoms with van der Waals surface area (Å²) >= 11 is 1.60. The Kier molecular flexibility index (Phi) is 2.72. The average molecular weight is 255 g/mol. The molecular weight excluding hydrogens is 242 g/mol. The molecule has 18 heavy (non-hydrogen) atoms. The molecule has 0 saturated carbocycles. The predicted octanol–water partition coefficient (Wildman–Crippen LogP) is 3.17. The van der Waals surface area contributed by atoms with E-state index in [0.29, 0.717) is 5.82 Å². The van der Waals surface area contributed by atoms with Gasteiger partial charge in [0, 0.05) is 6.42 Å². The Bertz CT molecular complexity index is 703. The SMILES string of the molecule is Cc1cccc(Cc2nc(N)c3ccsc3n2)c1. The molecule has 0 unspecified atom stereocenters. The van der Waals surface area contributed by atoms with Gasteiger partial charge in [-0.05, 0) is 23.9 Å². The van der Waals surface area contributed by atoms with Gasteiger partial charge in [-0.15, -0.1) is 11.3 Å². The van der Waals surface area contributed by atoms with Crippen LogP contribution in [0.2, 0.25) is 0 Å². The van der Waals surface area contributed by atoms with Gasteiger partial charge in [-0.2, -0.15) is 0 Å². The zero-order valence-electron chi connectivity index (χ0n) is 10.1. The first-order valence-electron chi connectivity index (χ1n) is 5.77. The Balaban J connectivity index is 1.99. The highest BCUT2D eigenvalue weighted by molar-refractivity contribution is 7.16. The van der Waals surface area contributed by atoms with E-state index in [4.69, 9.17) is 5.73 Å². The number of thiophene rings is 1. The van der Waals surface area contributed by atoms with Crippen LogP contribution in [0.25, 0.3) is 10.2 Å². The zero-order valence-corrected chi connectivity index (χ0v) is 10.9. The molecule has 2 aromatic heterocycles. The standard InChI is InChI=1S/C14H13N3S/c1-9-3-2-4-10(7-9)8-12-16-13(15)11-5-6-18-14(11)17-12/h2-7H,8H2,1H3,(H2,15,16,17). The van der Waals surface area contributed by atoms with Crippen molar-refractivity contribution >= 4 is 27.4 Å². The number of fused-ring (bicyclic) bond motifs is 1. The third-order valence-corrected chi connectivity index (χ3v) is 3.65. The molecule has 3 rings (SSSR count). The van der Waals surface area contributed by atoms with Crippen LogP contribution in [0.4, 0.5) is 5.82 Å². The second-order valence-electron chi connectivity index (χ2n) is 4.33. The average Bonchev–Trinajstić information content (AvgIpc) is 2.77. The fraction of sp³-hybridized carbons (Fsp3) is 0.143. The van der Waals surface area contributed by atoms with Gasteiger partial charge in [0.25, 0.3) is 0 Å². The summed E-state index contributed by atoms with van der Waals surface area (Å²) in [5.41, 5.74) is 8.40. The molecule has 2 N–H and O–H groups in total. The number of aromatic nitrogens is 2. The fourth-order valence-electron chi connectivity index (χ4n) is 2.01. The third kappa shape index (κ3) is 2.07. The van der Waals surface area contributed by atoms with Crippen LogP contribution < -0.4 is 5.73 Å². The van der Waals surface area contributed by atoms with Gasteiger partial charge in [-0.1, -0.05) is 29.8 Å². The first-order valence-corrected chi connectivity index (χ1v) is 6.65. The topological polar surface area (TPSA) is 51.8 Å². The maximum absolute atomic E-state index is 5.94. The number of nitrogens with two attached hydrogens (primary N) is 1. The van der Waals surface area contributed by atoms with Crippen molar-refractivity contribution in [3.8, 4) is 0 Å². The normalized spacial score (nSPS) is 10.9. The van der Waals surface area contributed by atoms with E-state index in [1.165, 1.54) is 11.1 Å². The lowest BCUT2D eigenvalue weighted by Crippen LogP contribution is -2.00. The molecule has 0 radical (unpaired) electrons. The van der Waals surface area contributed by atoms with Crippen molar-refractivity contribution in [1.82, 2.24) is 9.97 Å². The second kappa shape index (κ2) is 4.38. The molecule has 0 spiro atoms. The lowest BCUT2D eigenvalue weighted by Gasteiger charge is -2.03. The van der Waals surface area contributed by atoms with Crippen molar-refractivity contribution in [3.05, 3.63) is 52.7 Å². The number of nitrogens with zero attached hydrogens (tertiary/aromatic N) is 2. The Hall–Kier alpha value is -1.94. The van der Waals surface area contributed by atoms with Crippen LogP contribution >= 0.6 is 11.3 Å². The van der Waals surface area contributed by atoms with Crippen LogP contribution in [0.15, 0.2) is 35.7 Å². The number of benzene rings is 1. The molecule has 0 aliphatic heterocycles. The molecule has 3 aromatic rings. The number of hydrogen-bond acceptors (Lipinski definition) is 4. The monoisotopic (exact) mass is 255 g/mol. The van der Waals surface area contributed by atoms with E-state index in [9.17, 15) is 0 Å². The minimum atomic E-state index is 0.573. The zero-order chi connectivity index (χ0) is 12.5. The molecule has 0 fully saturated rings. The van der Waals surface area contributed by atoms with E-state index in [2.05, 4.69) is 41.2 Å². The molecule has 90 valence electrons. The summed E-state index contributed by atoms with van der Waals surface area (Å²) in [7, 11) is 0. The van der Waals surface area contributed by atoms with E-state index in [1.54, 1.807) is 11.3 Å². The maximum Gasteiger partial charge on any atom is 0.136 e. The van der Waals surface area contributed by atoms with Gasteiger partial charge in [0.15, 0.2) is 0 Å². The maximum atomic E-state index is 5.94. The van der Waals surface area contributed by atoms with Crippen molar-refractivity contribution < 1.29 is 0 Å². The molecule has 2 heterocycles. The molecule has 0 aliphatic carbocycles. The lowest BCUT2D eigenvalue weighted by molar-refractivity contribution is 1.00. The van der Waals surface area contributed by atoms with Crippen LogP contribution in [0.3, 0.4) is 0 Å². The van der Waals surface area contributed by atoms with Crippen molar-refractivity contribution in [2.75, 3.05) is 5.73 Å². The van der Waals surface area contributed by atoms with Gasteiger partial charge in [0.2, 0.25) is 0 Å². The number of hydrogen-bond donors (Lipinski definition) is 1. The van der Waals surface area contributed by atoms with Crippen LogP contribution in [-0.4, -0.2) is 9.97 Å². The summed E-state index contributed by atoms with van der Waals surface area (Å²) in [5.74, 6) is 1.36. The molecule has 0 aliphatic rings. The highest BCUT2D eigenvalue weighted by atomic mass is 32.1. The lowest BCUT2D eigenvalue weighted by atomic mass is 10.1.